The summed E-state index contributed by atoms with van der Waals surface area (Å²) in [5.41, 5.74) is 1.14. The first kappa shape index (κ1) is 20.2. The summed E-state index contributed by atoms with van der Waals surface area (Å²) >= 11 is 0. The number of nitrogens with one attached hydrogen (secondary N) is 1. The van der Waals surface area contributed by atoms with Crippen LogP contribution in [0, 0.1) is 5.92 Å². The summed E-state index contributed by atoms with van der Waals surface area (Å²) < 4.78 is 0. The Balaban J connectivity index is 2.31. The third-order valence-electron chi connectivity index (χ3n) is 4.25. The fraction of sp³-hybridized carbons (Fsp3) is 0.600. The normalized spacial score (nSPS) is 11.9. The standard InChI is InChI=1S/C20H31NO3/c1-2-3-4-5-6-10-15-21-20(24)18(16-19(22)23)14-13-17-11-8-7-9-12-17/h7-9,11-12,18H,2-6,10,13-16H2,1H3,(H,21,24)(H,22,23). The molecule has 1 rings (SSSR count). The summed E-state index contributed by atoms with van der Waals surface area (Å²) in [5.74, 6) is -1.49. The van der Waals surface area contributed by atoms with Crippen molar-refractivity contribution in [2.45, 2.75) is 64.7 Å². The molecule has 134 valence electrons. The molecule has 2 N–H and O–H groups in total. The van der Waals surface area contributed by atoms with Gasteiger partial charge in [-0.15, -0.1) is 0 Å². The highest BCUT2D eigenvalue weighted by atomic mass is 16.4. The van der Waals surface area contributed by atoms with Gasteiger partial charge in [0.05, 0.1) is 6.42 Å². The predicted octanol–water partition coefficient (Wildman–Crippen LogP) is 4.19. The molecular formula is C20H31NO3. The van der Waals surface area contributed by atoms with Crippen LogP contribution in [0.15, 0.2) is 30.3 Å². The first-order valence-corrected chi connectivity index (χ1v) is 9.17. The number of aryl methyl sites for hydroxylation is 1. The summed E-state index contributed by atoms with van der Waals surface area (Å²) in [6, 6.07) is 9.88. The van der Waals surface area contributed by atoms with Crippen molar-refractivity contribution in [3.63, 3.8) is 0 Å². The molecule has 24 heavy (non-hydrogen) atoms. The molecule has 0 aliphatic carbocycles. The van der Waals surface area contributed by atoms with Crippen molar-refractivity contribution in [2.75, 3.05) is 6.54 Å². The monoisotopic (exact) mass is 333 g/mol. The highest BCUT2D eigenvalue weighted by Gasteiger charge is 2.21. The number of benzene rings is 1. The smallest absolute Gasteiger partial charge is 0.304 e. The fourth-order valence-corrected chi connectivity index (χ4v) is 2.78. The van der Waals surface area contributed by atoms with Gasteiger partial charge in [0, 0.05) is 12.5 Å². The summed E-state index contributed by atoms with van der Waals surface area (Å²) in [5, 5.41) is 12.0. The Morgan fingerprint density at radius 3 is 2.38 bits per heavy atom. The Morgan fingerprint density at radius 2 is 1.71 bits per heavy atom. The maximum absolute atomic E-state index is 12.3. The average Bonchev–Trinajstić information content (AvgIpc) is 2.58. The van der Waals surface area contributed by atoms with E-state index in [1.54, 1.807) is 0 Å². The van der Waals surface area contributed by atoms with E-state index in [4.69, 9.17) is 5.11 Å². The van der Waals surface area contributed by atoms with E-state index in [1.807, 2.05) is 30.3 Å². The molecule has 0 saturated heterocycles. The molecule has 1 aromatic carbocycles. The van der Waals surface area contributed by atoms with Crippen molar-refractivity contribution in [3.05, 3.63) is 35.9 Å². The van der Waals surface area contributed by atoms with Crippen LogP contribution in [-0.4, -0.2) is 23.5 Å². The predicted molar refractivity (Wildman–Crippen MR) is 96.9 cm³/mol. The lowest BCUT2D eigenvalue weighted by Crippen LogP contribution is -2.33. The number of hydrogen-bond donors (Lipinski definition) is 2. The quantitative estimate of drug-likeness (QED) is 0.532. The molecule has 1 unspecified atom stereocenters. The number of carboxylic acids is 1. The summed E-state index contributed by atoms with van der Waals surface area (Å²) in [7, 11) is 0. The molecule has 0 saturated carbocycles. The molecule has 1 aromatic rings. The minimum Gasteiger partial charge on any atom is -0.481 e. The van der Waals surface area contributed by atoms with E-state index in [2.05, 4.69) is 12.2 Å². The zero-order chi connectivity index (χ0) is 17.6. The second-order valence-corrected chi connectivity index (χ2v) is 6.38. The summed E-state index contributed by atoms with van der Waals surface area (Å²) in [6.45, 7) is 2.84. The minimum absolute atomic E-state index is 0.102. The van der Waals surface area contributed by atoms with Crippen LogP contribution in [0.3, 0.4) is 0 Å². The van der Waals surface area contributed by atoms with Crippen LogP contribution in [0.1, 0.15) is 63.9 Å². The van der Waals surface area contributed by atoms with Crippen LogP contribution in [0.4, 0.5) is 0 Å². The third kappa shape index (κ3) is 9.33. The van der Waals surface area contributed by atoms with Crippen molar-refractivity contribution in [2.24, 2.45) is 5.92 Å². The van der Waals surface area contributed by atoms with Crippen molar-refractivity contribution >= 4 is 11.9 Å². The van der Waals surface area contributed by atoms with Crippen molar-refractivity contribution in [3.8, 4) is 0 Å². The van der Waals surface area contributed by atoms with E-state index in [9.17, 15) is 9.59 Å². The molecule has 0 bridgehead atoms. The number of carbonyl (C=O) groups excluding carboxylic acids is 1. The molecular weight excluding hydrogens is 302 g/mol. The SMILES string of the molecule is CCCCCCCCNC(=O)C(CCc1ccccc1)CC(=O)O. The van der Waals surface area contributed by atoms with Gasteiger partial charge in [-0.1, -0.05) is 69.4 Å². The van der Waals surface area contributed by atoms with Crippen LogP contribution in [0.25, 0.3) is 0 Å². The number of amides is 1. The van der Waals surface area contributed by atoms with E-state index in [0.29, 0.717) is 13.0 Å². The van der Waals surface area contributed by atoms with Crippen LogP contribution < -0.4 is 5.32 Å². The van der Waals surface area contributed by atoms with E-state index < -0.39 is 11.9 Å². The summed E-state index contributed by atoms with van der Waals surface area (Å²) in [6.07, 6.45) is 8.24. The van der Waals surface area contributed by atoms with Gasteiger partial charge in [-0.05, 0) is 24.8 Å². The van der Waals surface area contributed by atoms with Gasteiger partial charge in [0.2, 0.25) is 5.91 Å². The Morgan fingerprint density at radius 1 is 1.04 bits per heavy atom. The Hall–Kier alpha value is -1.84. The lowest BCUT2D eigenvalue weighted by atomic mass is 9.95. The van der Waals surface area contributed by atoms with E-state index in [0.717, 1.165) is 24.8 Å². The zero-order valence-corrected chi connectivity index (χ0v) is 14.8. The number of aliphatic carboxylic acids is 1. The van der Waals surface area contributed by atoms with Crippen LogP contribution in [0.2, 0.25) is 0 Å². The van der Waals surface area contributed by atoms with Gasteiger partial charge in [-0.25, -0.2) is 0 Å². The molecule has 4 nitrogen and oxygen atoms in total. The Labute approximate surface area is 145 Å². The molecule has 0 spiro atoms. The second-order valence-electron chi connectivity index (χ2n) is 6.38. The van der Waals surface area contributed by atoms with Crippen molar-refractivity contribution in [1.82, 2.24) is 5.32 Å². The lowest BCUT2D eigenvalue weighted by molar-refractivity contribution is -0.141. The maximum Gasteiger partial charge on any atom is 0.304 e. The maximum atomic E-state index is 12.3. The Kier molecular flexibility index (Phi) is 10.6. The molecule has 0 fully saturated rings. The second kappa shape index (κ2) is 12.6. The topological polar surface area (TPSA) is 66.4 Å². The molecule has 1 atom stereocenters. The number of carbonyl (C=O) groups is 2. The lowest BCUT2D eigenvalue weighted by Gasteiger charge is -2.15. The Bertz CT molecular complexity index is 473. The molecule has 0 aliphatic rings. The molecule has 4 heteroatoms. The average molecular weight is 333 g/mol. The minimum atomic E-state index is -0.914. The third-order valence-corrected chi connectivity index (χ3v) is 4.25. The van der Waals surface area contributed by atoms with Gasteiger partial charge in [-0.3, -0.25) is 9.59 Å². The number of rotatable bonds is 13. The van der Waals surface area contributed by atoms with Crippen molar-refractivity contribution < 1.29 is 14.7 Å². The molecule has 0 heterocycles. The van der Waals surface area contributed by atoms with Crippen molar-refractivity contribution in [1.29, 1.82) is 0 Å². The number of carboxylic acid groups (broad SMARTS) is 1. The zero-order valence-electron chi connectivity index (χ0n) is 14.8. The van der Waals surface area contributed by atoms with Gasteiger partial charge < -0.3 is 10.4 Å². The van der Waals surface area contributed by atoms with Gasteiger partial charge in [0.1, 0.15) is 0 Å². The molecule has 0 aliphatic heterocycles. The molecule has 0 radical (unpaired) electrons. The van der Waals surface area contributed by atoms with Gasteiger partial charge >= 0.3 is 5.97 Å². The van der Waals surface area contributed by atoms with Gasteiger partial charge in [0.15, 0.2) is 0 Å². The van der Waals surface area contributed by atoms with E-state index in [1.165, 1.54) is 25.7 Å². The van der Waals surface area contributed by atoms with Crippen LogP contribution >= 0.6 is 0 Å². The largest absolute Gasteiger partial charge is 0.481 e. The van der Waals surface area contributed by atoms with Crippen LogP contribution in [0.5, 0.6) is 0 Å². The fourth-order valence-electron chi connectivity index (χ4n) is 2.78. The molecule has 1 amide bonds. The van der Waals surface area contributed by atoms with E-state index in [-0.39, 0.29) is 12.3 Å². The molecule has 0 aromatic heterocycles. The first-order valence-electron chi connectivity index (χ1n) is 9.17. The highest BCUT2D eigenvalue weighted by Crippen LogP contribution is 2.14. The highest BCUT2D eigenvalue weighted by molar-refractivity contribution is 5.83. The van der Waals surface area contributed by atoms with Gasteiger partial charge in [0.25, 0.3) is 0 Å². The van der Waals surface area contributed by atoms with E-state index >= 15 is 0 Å². The first-order chi connectivity index (χ1) is 11.6. The van der Waals surface area contributed by atoms with Crippen LogP contribution in [-0.2, 0) is 16.0 Å². The van der Waals surface area contributed by atoms with Gasteiger partial charge in [-0.2, -0.15) is 0 Å². The number of hydrogen-bond acceptors (Lipinski definition) is 2. The summed E-state index contributed by atoms with van der Waals surface area (Å²) in [4.78, 5) is 23.3. The number of unbranched alkanes of at least 4 members (excludes halogenated alkanes) is 5.